The molecule has 16 heteroatoms. The van der Waals surface area contributed by atoms with Crippen LogP contribution in [0.2, 0.25) is 0 Å². The van der Waals surface area contributed by atoms with E-state index in [1.54, 1.807) is 24.3 Å². The van der Waals surface area contributed by atoms with Gasteiger partial charge < -0.3 is 10.6 Å². The molecule has 2 N–H and O–H groups in total. The van der Waals surface area contributed by atoms with E-state index < -0.39 is 35.6 Å². The number of hydrogen-bond donors (Lipinski definition) is 2. The summed E-state index contributed by atoms with van der Waals surface area (Å²) in [5.41, 5.74) is -1.27. The van der Waals surface area contributed by atoms with Crippen molar-refractivity contribution in [2.24, 2.45) is 0 Å². The Bertz CT molecular complexity index is 1640. The van der Waals surface area contributed by atoms with Crippen molar-refractivity contribution in [2.75, 3.05) is 14.1 Å². The average molecular weight is 612 g/mol. The minimum absolute atomic E-state index is 0.197. The lowest BCUT2D eigenvalue weighted by Gasteiger charge is -2.07. The Balaban J connectivity index is 0.000000230. The molecule has 0 fully saturated rings. The van der Waals surface area contributed by atoms with Crippen molar-refractivity contribution in [3.8, 4) is 17.4 Å². The van der Waals surface area contributed by atoms with Crippen molar-refractivity contribution in [3.05, 3.63) is 94.6 Å². The zero-order valence-corrected chi connectivity index (χ0v) is 22.4. The van der Waals surface area contributed by atoms with Crippen molar-refractivity contribution in [1.82, 2.24) is 30.2 Å². The Hall–Kier alpha value is -4.84. The van der Waals surface area contributed by atoms with E-state index in [0.29, 0.717) is 23.4 Å². The van der Waals surface area contributed by atoms with Crippen LogP contribution in [0.15, 0.2) is 60.7 Å². The van der Waals surface area contributed by atoms with E-state index in [1.807, 2.05) is 6.07 Å². The maximum atomic E-state index is 12.8. The fraction of sp³-hybridized carbons (Fsp3) is 0.192. The highest BCUT2D eigenvalue weighted by Crippen LogP contribution is 2.31. The third kappa shape index (κ3) is 7.26. The molecule has 0 saturated heterocycles. The van der Waals surface area contributed by atoms with E-state index in [4.69, 9.17) is 16.9 Å². The topological polar surface area (TPSA) is 118 Å². The van der Waals surface area contributed by atoms with Gasteiger partial charge in [0.25, 0.3) is 11.8 Å². The van der Waals surface area contributed by atoms with Crippen LogP contribution in [0.5, 0.6) is 0 Å². The van der Waals surface area contributed by atoms with E-state index in [-0.39, 0.29) is 28.5 Å². The summed E-state index contributed by atoms with van der Waals surface area (Å²) in [7, 11) is 2.64. The summed E-state index contributed by atoms with van der Waals surface area (Å²) in [4.78, 5) is 23.4. The number of nitrogens with one attached hydrogen (secondary N) is 2. The molecule has 0 aliphatic rings. The lowest BCUT2D eigenvalue weighted by Crippen LogP contribution is -2.21. The van der Waals surface area contributed by atoms with Crippen LogP contribution < -0.4 is 10.6 Å². The summed E-state index contributed by atoms with van der Waals surface area (Å²) in [6.45, 7) is 0. The number of rotatable bonds is 5. The van der Waals surface area contributed by atoms with Gasteiger partial charge in [0.2, 0.25) is 0 Å². The zero-order valence-electron chi connectivity index (χ0n) is 21.7. The first-order chi connectivity index (χ1) is 19.7. The molecule has 42 heavy (non-hydrogen) atoms. The molecule has 4 aromatic rings. The number of carbonyl (C=O) groups is 2. The van der Waals surface area contributed by atoms with Crippen molar-refractivity contribution in [3.63, 3.8) is 0 Å². The molecular weight excluding hydrogens is 592 g/mol. The van der Waals surface area contributed by atoms with E-state index in [9.17, 15) is 35.9 Å². The lowest BCUT2D eigenvalue weighted by atomic mass is 10.2. The van der Waals surface area contributed by atoms with Crippen molar-refractivity contribution in [2.45, 2.75) is 18.2 Å². The van der Waals surface area contributed by atoms with E-state index in [0.717, 1.165) is 9.36 Å². The van der Waals surface area contributed by atoms with Crippen LogP contribution in [0, 0.1) is 11.3 Å². The summed E-state index contributed by atoms with van der Waals surface area (Å²) in [5, 5.41) is 20.3. The third-order valence-corrected chi connectivity index (χ3v) is 5.76. The molecule has 0 spiro atoms. The largest absolute Gasteiger partial charge is 0.435 e. The average Bonchev–Trinajstić information content (AvgIpc) is 3.63. The first kappa shape index (κ1) is 31.7. The summed E-state index contributed by atoms with van der Waals surface area (Å²) in [6.07, 6.45) is -9.29. The summed E-state index contributed by atoms with van der Waals surface area (Å²) in [5.74, 6) is -1.16. The molecule has 2 aromatic carbocycles. The van der Waals surface area contributed by atoms with Gasteiger partial charge in [-0.2, -0.15) is 41.8 Å². The van der Waals surface area contributed by atoms with Gasteiger partial charge in [0, 0.05) is 32.1 Å². The molecule has 4 rings (SSSR count). The standard InChI is InChI=1S/C13H11ClF3N3O.C13H9F3N4O/c1-18-12(21)10-6-11(13(15,16)17)19-20(10)9-4-2-3-8(5-9)7-14;1-18-12(21)10-6-11(13(14,15)16)19-20(10)9-4-2-3-8(5-9)7-17/h2-6H,7H2,1H3,(H,18,21);2-6H,1H3,(H,18,21). The van der Waals surface area contributed by atoms with Crippen LogP contribution in [-0.2, 0) is 18.2 Å². The highest BCUT2D eigenvalue weighted by Gasteiger charge is 2.37. The van der Waals surface area contributed by atoms with E-state index in [1.165, 1.54) is 38.4 Å². The smallest absolute Gasteiger partial charge is 0.354 e. The normalized spacial score (nSPS) is 11.2. The second kappa shape index (κ2) is 12.8. The second-order valence-corrected chi connectivity index (χ2v) is 8.54. The van der Waals surface area contributed by atoms with Gasteiger partial charge in [-0.25, -0.2) is 9.36 Å². The zero-order chi connectivity index (χ0) is 31.2. The number of amides is 2. The number of halogens is 7. The quantitative estimate of drug-likeness (QED) is 0.240. The molecule has 0 aliphatic carbocycles. The van der Waals surface area contributed by atoms with Crippen LogP contribution in [-0.4, -0.2) is 45.5 Å². The third-order valence-electron chi connectivity index (χ3n) is 5.45. The highest BCUT2D eigenvalue weighted by atomic mass is 35.5. The summed E-state index contributed by atoms with van der Waals surface area (Å²) < 4.78 is 78.4. The first-order valence-electron chi connectivity index (χ1n) is 11.7. The molecule has 9 nitrogen and oxygen atoms in total. The van der Waals surface area contributed by atoms with E-state index in [2.05, 4.69) is 20.8 Å². The fourth-order valence-corrected chi connectivity index (χ4v) is 3.66. The minimum Gasteiger partial charge on any atom is -0.354 e. The van der Waals surface area contributed by atoms with Crippen LogP contribution in [0.4, 0.5) is 26.3 Å². The predicted octanol–water partition coefficient (Wildman–Crippen LogP) is 5.11. The van der Waals surface area contributed by atoms with Gasteiger partial charge >= 0.3 is 12.4 Å². The Morgan fingerprint density at radius 3 is 1.67 bits per heavy atom. The molecule has 0 atom stereocenters. The Morgan fingerprint density at radius 1 is 0.810 bits per heavy atom. The van der Waals surface area contributed by atoms with Gasteiger partial charge in [0.1, 0.15) is 11.4 Å². The Labute approximate surface area is 239 Å². The molecule has 0 radical (unpaired) electrons. The Kier molecular flexibility index (Phi) is 9.64. The molecule has 2 amide bonds. The number of nitriles is 1. The summed E-state index contributed by atoms with van der Waals surface area (Å²) in [6, 6.07) is 15.5. The van der Waals surface area contributed by atoms with Crippen molar-refractivity contribution >= 4 is 23.4 Å². The summed E-state index contributed by atoms with van der Waals surface area (Å²) >= 11 is 5.70. The fourth-order valence-electron chi connectivity index (χ4n) is 3.49. The molecule has 0 unspecified atom stereocenters. The molecule has 0 aliphatic heterocycles. The van der Waals surface area contributed by atoms with Crippen molar-refractivity contribution < 1.29 is 35.9 Å². The highest BCUT2D eigenvalue weighted by molar-refractivity contribution is 6.17. The van der Waals surface area contributed by atoms with Crippen LogP contribution in [0.25, 0.3) is 11.4 Å². The number of hydrogen-bond acceptors (Lipinski definition) is 5. The number of nitrogens with zero attached hydrogens (tertiary/aromatic N) is 5. The minimum atomic E-state index is -4.67. The second-order valence-electron chi connectivity index (χ2n) is 8.27. The van der Waals surface area contributed by atoms with Crippen LogP contribution >= 0.6 is 11.6 Å². The lowest BCUT2D eigenvalue weighted by molar-refractivity contribution is -0.142. The van der Waals surface area contributed by atoms with Gasteiger partial charge in [0.05, 0.1) is 23.0 Å². The van der Waals surface area contributed by atoms with Gasteiger partial charge in [-0.15, -0.1) is 11.6 Å². The molecule has 0 bridgehead atoms. The monoisotopic (exact) mass is 611 g/mol. The van der Waals surface area contributed by atoms with Gasteiger partial charge in [-0.05, 0) is 35.9 Å². The van der Waals surface area contributed by atoms with Crippen molar-refractivity contribution in [1.29, 1.82) is 5.26 Å². The molecule has 0 saturated carbocycles. The van der Waals surface area contributed by atoms with Gasteiger partial charge in [-0.3, -0.25) is 9.59 Å². The molecule has 220 valence electrons. The molecule has 2 aromatic heterocycles. The van der Waals surface area contributed by atoms with E-state index >= 15 is 0 Å². The molecule has 2 heterocycles. The van der Waals surface area contributed by atoms with Gasteiger partial charge in [0.15, 0.2) is 11.4 Å². The number of carbonyl (C=O) groups excluding carboxylic acids is 2. The maximum Gasteiger partial charge on any atom is 0.435 e. The SMILES string of the molecule is CNC(=O)c1cc(C(F)(F)F)nn1-c1cccc(C#N)c1.CNC(=O)c1cc(C(F)(F)F)nn1-c1cccc(CCl)c1. The molecular formula is C26H20ClF6N7O2. The van der Waals surface area contributed by atoms with Crippen LogP contribution in [0.1, 0.15) is 43.5 Å². The predicted molar refractivity (Wildman–Crippen MR) is 138 cm³/mol. The number of alkyl halides is 7. The number of benzene rings is 2. The first-order valence-corrected chi connectivity index (χ1v) is 12.2. The maximum absolute atomic E-state index is 12.8. The van der Waals surface area contributed by atoms with Gasteiger partial charge in [-0.1, -0.05) is 18.2 Å². The van der Waals surface area contributed by atoms with Crippen LogP contribution in [0.3, 0.4) is 0 Å². The Morgan fingerprint density at radius 2 is 1.26 bits per heavy atom. The number of aromatic nitrogens is 4.